The van der Waals surface area contributed by atoms with Crippen molar-refractivity contribution in [3.63, 3.8) is 0 Å². The number of carbonyl (C=O) groups excluding carboxylic acids is 2. The van der Waals surface area contributed by atoms with E-state index in [0.29, 0.717) is 33.7 Å². The van der Waals surface area contributed by atoms with Crippen LogP contribution in [0, 0.1) is 0 Å². The Labute approximate surface area is 231 Å². The van der Waals surface area contributed by atoms with E-state index in [4.69, 9.17) is 28.9 Å². The molecule has 5 rings (SSSR count). The van der Waals surface area contributed by atoms with Crippen molar-refractivity contribution in [1.82, 2.24) is 9.97 Å². The normalized spacial score (nSPS) is 10.7. The third-order valence-electron chi connectivity index (χ3n) is 6.37. The Morgan fingerprint density at radius 3 is 1.52 bits per heavy atom. The molecule has 0 unspecified atom stereocenters. The van der Waals surface area contributed by atoms with Crippen LogP contribution in [-0.2, 0) is 4.74 Å². The number of hydrogen-bond donors (Lipinski definition) is 0. The molecule has 0 radical (unpaired) electrons. The number of fused-ring (bicyclic) bond motifs is 1. The predicted octanol–water partition coefficient (Wildman–Crippen LogP) is 6.03. The van der Waals surface area contributed by atoms with Crippen LogP contribution in [-0.4, -0.2) is 49.7 Å². The summed E-state index contributed by atoms with van der Waals surface area (Å²) < 4.78 is 21.0. The highest BCUT2D eigenvalue weighted by Crippen LogP contribution is 2.33. The highest BCUT2D eigenvalue weighted by atomic mass is 16.5. The Morgan fingerprint density at radius 1 is 0.575 bits per heavy atom. The Balaban J connectivity index is 1.46. The highest BCUT2D eigenvalue weighted by Gasteiger charge is 2.17. The van der Waals surface area contributed by atoms with Crippen LogP contribution < -0.4 is 14.2 Å². The molecule has 8 nitrogen and oxygen atoms in total. The fraction of sp³-hybridized carbons (Fsp3) is 0.125. The molecule has 0 fully saturated rings. The summed E-state index contributed by atoms with van der Waals surface area (Å²) in [5, 5.41) is 0. The summed E-state index contributed by atoms with van der Waals surface area (Å²) in [6.45, 7) is -0.387. The monoisotopic (exact) mass is 534 g/mol. The second-order valence-corrected chi connectivity index (χ2v) is 8.81. The molecule has 0 aliphatic rings. The van der Waals surface area contributed by atoms with Gasteiger partial charge in [-0.25, -0.2) is 14.8 Å². The topological polar surface area (TPSA) is 96.8 Å². The second kappa shape index (κ2) is 11.7. The van der Waals surface area contributed by atoms with Gasteiger partial charge in [0, 0.05) is 16.7 Å². The third kappa shape index (κ3) is 5.61. The number of benzene rings is 4. The van der Waals surface area contributed by atoms with Crippen LogP contribution >= 0.6 is 0 Å². The predicted molar refractivity (Wildman–Crippen MR) is 151 cm³/mol. The fourth-order valence-corrected chi connectivity index (χ4v) is 4.16. The number of hydrogen-bond acceptors (Lipinski definition) is 8. The number of aromatic nitrogens is 2. The van der Waals surface area contributed by atoms with E-state index in [1.165, 1.54) is 0 Å². The molecule has 0 aliphatic carbocycles. The number of esters is 1. The summed E-state index contributed by atoms with van der Waals surface area (Å²) in [7, 11) is 4.77. The van der Waals surface area contributed by atoms with E-state index in [2.05, 4.69) is 0 Å². The van der Waals surface area contributed by atoms with Crippen molar-refractivity contribution in [1.29, 1.82) is 0 Å². The molecule has 1 aromatic heterocycles. The minimum Gasteiger partial charge on any atom is -0.497 e. The number of methoxy groups -OCH3 is 3. The number of nitrogens with zero attached hydrogens (tertiary/aromatic N) is 2. The lowest BCUT2D eigenvalue weighted by Gasteiger charge is -2.12. The maximum Gasteiger partial charge on any atom is 0.338 e. The van der Waals surface area contributed by atoms with E-state index in [9.17, 15) is 9.59 Å². The van der Waals surface area contributed by atoms with Gasteiger partial charge < -0.3 is 18.9 Å². The summed E-state index contributed by atoms with van der Waals surface area (Å²) in [6.07, 6.45) is 0. The van der Waals surface area contributed by atoms with Gasteiger partial charge in [-0.1, -0.05) is 0 Å². The largest absolute Gasteiger partial charge is 0.497 e. The van der Waals surface area contributed by atoms with Crippen LogP contribution in [0.1, 0.15) is 20.7 Å². The lowest BCUT2D eigenvalue weighted by atomic mass is 10.0. The zero-order valence-electron chi connectivity index (χ0n) is 22.2. The molecule has 0 aliphatic heterocycles. The Bertz CT molecular complexity index is 1660. The van der Waals surface area contributed by atoms with Crippen LogP contribution in [0.2, 0.25) is 0 Å². The molecule has 0 amide bonds. The quantitative estimate of drug-likeness (QED) is 0.167. The molecule has 0 N–H and O–H groups in total. The number of ketones is 1. The van der Waals surface area contributed by atoms with Gasteiger partial charge in [-0.15, -0.1) is 0 Å². The summed E-state index contributed by atoms with van der Waals surface area (Å²) in [5.41, 5.74) is 4.82. The summed E-state index contributed by atoms with van der Waals surface area (Å²) >= 11 is 0. The first-order chi connectivity index (χ1) is 19.5. The van der Waals surface area contributed by atoms with Gasteiger partial charge in [0.25, 0.3) is 0 Å². The Hall–Kier alpha value is -5.24. The first-order valence-corrected chi connectivity index (χ1v) is 12.4. The molecule has 200 valence electrons. The SMILES string of the molecule is COc1ccc(C(=O)COC(=O)c2ccc3nc(-c4ccc(OC)cc4)c(-c4ccc(OC)cc4)nc3c2)cc1. The minimum atomic E-state index is -0.629. The van der Waals surface area contributed by atoms with Crippen molar-refractivity contribution < 1.29 is 28.5 Å². The van der Waals surface area contributed by atoms with Gasteiger partial charge in [-0.3, -0.25) is 4.79 Å². The molecule has 0 saturated carbocycles. The molecule has 5 aromatic rings. The molecule has 1 heterocycles. The van der Waals surface area contributed by atoms with Crippen LogP contribution in [0.25, 0.3) is 33.5 Å². The zero-order chi connectivity index (χ0) is 28.1. The molecule has 0 saturated heterocycles. The minimum absolute atomic E-state index is 0.266. The summed E-state index contributed by atoms with van der Waals surface area (Å²) in [5.74, 6) is 1.14. The van der Waals surface area contributed by atoms with Gasteiger partial charge in [0.2, 0.25) is 0 Å². The zero-order valence-corrected chi connectivity index (χ0v) is 22.2. The van der Waals surface area contributed by atoms with Crippen LogP contribution in [0.15, 0.2) is 91.0 Å². The van der Waals surface area contributed by atoms with Gasteiger partial charge in [-0.05, 0) is 91.0 Å². The van der Waals surface area contributed by atoms with E-state index >= 15 is 0 Å². The van der Waals surface area contributed by atoms with Crippen LogP contribution in [0.3, 0.4) is 0 Å². The van der Waals surface area contributed by atoms with Crippen LogP contribution in [0.4, 0.5) is 0 Å². The van der Waals surface area contributed by atoms with Gasteiger partial charge >= 0.3 is 5.97 Å². The molecule has 0 spiro atoms. The number of carbonyl (C=O) groups is 2. The number of Topliss-reactive ketones (excluding diaryl/α,β-unsaturated/α-hetero) is 1. The molecule has 40 heavy (non-hydrogen) atoms. The van der Waals surface area contributed by atoms with E-state index in [1.54, 1.807) is 63.8 Å². The van der Waals surface area contributed by atoms with Crippen molar-refractivity contribution in [2.75, 3.05) is 27.9 Å². The standard InChI is InChI=1S/C32H26N2O6/c1-37-24-11-4-20(5-12-24)29(35)19-40-32(36)23-10-17-27-28(18-23)34-31(22-8-15-26(39-3)16-9-22)30(33-27)21-6-13-25(38-2)14-7-21/h4-18H,19H2,1-3H3. The lowest BCUT2D eigenvalue weighted by Crippen LogP contribution is -2.14. The molecular weight excluding hydrogens is 508 g/mol. The average molecular weight is 535 g/mol. The molecule has 0 bridgehead atoms. The van der Waals surface area contributed by atoms with E-state index in [1.807, 2.05) is 48.5 Å². The van der Waals surface area contributed by atoms with Crippen molar-refractivity contribution in [2.24, 2.45) is 0 Å². The molecular formula is C32H26N2O6. The third-order valence-corrected chi connectivity index (χ3v) is 6.37. The van der Waals surface area contributed by atoms with Gasteiger partial charge in [0.15, 0.2) is 12.4 Å². The maximum atomic E-state index is 12.8. The van der Waals surface area contributed by atoms with E-state index < -0.39 is 5.97 Å². The first-order valence-electron chi connectivity index (χ1n) is 12.4. The van der Waals surface area contributed by atoms with Crippen molar-refractivity contribution >= 4 is 22.8 Å². The highest BCUT2D eigenvalue weighted by molar-refractivity contribution is 6.00. The average Bonchev–Trinajstić information content (AvgIpc) is 3.02. The molecule has 0 atom stereocenters. The maximum absolute atomic E-state index is 12.8. The van der Waals surface area contributed by atoms with Crippen molar-refractivity contribution in [3.05, 3.63) is 102 Å². The Morgan fingerprint density at radius 2 is 1.02 bits per heavy atom. The fourth-order valence-electron chi connectivity index (χ4n) is 4.16. The Kier molecular flexibility index (Phi) is 7.68. The van der Waals surface area contributed by atoms with Crippen molar-refractivity contribution in [3.8, 4) is 39.8 Å². The van der Waals surface area contributed by atoms with E-state index in [-0.39, 0.29) is 18.0 Å². The van der Waals surface area contributed by atoms with Gasteiger partial charge in [0.05, 0.1) is 49.3 Å². The second-order valence-electron chi connectivity index (χ2n) is 8.81. The van der Waals surface area contributed by atoms with Crippen molar-refractivity contribution in [2.45, 2.75) is 0 Å². The first kappa shape index (κ1) is 26.4. The molecule has 4 aromatic carbocycles. The molecule has 8 heteroatoms. The van der Waals surface area contributed by atoms with E-state index in [0.717, 1.165) is 22.6 Å². The van der Waals surface area contributed by atoms with Gasteiger partial charge in [0.1, 0.15) is 17.2 Å². The number of ether oxygens (including phenoxy) is 4. The summed E-state index contributed by atoms with van der Waals surface area (Å²) in [4.78, 5) is 35.1. The lowest BCUT2D eigenvalue weighted by molar-refractivity contribution is 0.0475. The van der Waals surface area contributed by atoms with Crippen LogP contribution in [0.5, 0.6) is 17.2 Å². The number of rotatable bonds is 9. The summed E-state index contributed by atoms with van der Waals surface area (Å²) in [6, 6.07) is 26.7. The van der Waals surface area contributed by atoms with Gasteiger partial charge in [-0.2, -0.15) is 0 Å². The smallest absolute Gasteiger partial charge is 0.338 e.